The maximum Gasteiger partial charge on any atom is 0.407 e. The Kier molecular flexibility index (Phi) is 7.22. The molecule has 178 valence electrons. The number of benzene rings is 3. The fraction of sp³-hybridized carbons (Fsp3) is 0.267. The molecule has 5 nitrogen and oxygen atoms in total. The molecule has 1 amide bonds. The molecule has 0 unspecified atom stereocenters. The number of hydrogen-bond donors (Lipinski definition) is 1. The number of alkyl carbamates (subject to hydrolysis) is 1. The van der Waals surface area contributed by atoms with Crippen molar-refractivity contribution in [2.45, 2.75) is 38.7 Å². The van der Waals surface area contributed by atoms with Gasteiger partial charge >= 0.3 is 12.1 Å². The zero-order valence-electron chi connectivity index (χ0n) is 20.3. The molecular weight excluding hydrogens is 438 g/mol. The minimum Gasteiger partial charge on any atom is -0.456 e. The van der Waals surface area contributed by atoms with Crippen LogP contribution in [0, 0.1) is 11.8 Å². The average Bonchev–Trinajstić information content (AvgIpc) is 3.15. The number of fused-ring (bicyclic) bond motifs is 3. The molecule has 4 rings (SSSR count). The Balaban J connectivity index is 1.29. The number of carbonyl (C=O) groups is 2. The zero-order valence-corrected chi connectivity index (χ0v) is 20.3. The quantitative estimate of drug-likeness (QED) is 0.287. The second kappa shape index (κ2) is 10.5. The number of rotatable bonds is 5. The Labute approximate surface area is 206 Å². The van der Waals surface area contributed by atoms with E-state index in [1.165, 1.54) is 22.3 Å². The lowest BCUT2D eigenvalue weighted by molar-refractivity contribution is 0.00691. The lowest BCUT2D eigenvalue weighted by Crippen LogP contribution is -2.26. The molecule has 35 heavy (non-hydrogen) atoms. The molecule has 0 aliphatic heterocycles. The molecule has 0 atom stereocenters. The fourth-order valence-electron chi connectivity index (χ4n) is 4.14. The molecule has 0 bridgehead atoms. The van der Waals surface area contributed by atoms with E-state index in [1.807, 2.05) is 51.1 Å². The van der Waals surface area contributed by atoms with Gasteiger partial charge in [-0.2, -0.15) is 0 Å². The van der Waals surface area contributed by atoms with Gasteiger partial charge in [-0.1, -0.05) is 72.5 Å². The van der Waals surface area contributed by atoms with E-state index in [2.05, 4.69) is 41.4 Å². The van der Waals surface area contributed by atoms with Crippen LogP contribution in [0.3, 0.4) is 0 Å². The summed E-state index contributed by atoms with van der Waals surface area (Å²) in [5.74, 6) is 5.64. The predicted octanol–water partition coefficient (Wildman–Crippen LogP) is 5.92. The lowest BCUT2D eigenvalue weighted by atomic mass is 9.98. The van der Waals surface area contributed by atoms with Gasteiger partial charge in [-0.3, -0.25) is 0 Å². The van der Waals surface area contributed by atoms with Crippen LogP contribution in [-0.4, -0.2) is 30.8 Å². The van der Waals surface area contributed by atoms with Crippen LogP contribution in [0.2, 0.25) is 0 Å². The average molecular weight is 468 g/mol. The van der Waals surface area contributed by atoms with E-state index < -0.39 is 17.7 Å². The minimum atomic E-state index is -0.579. The zero-order chi connectivity index (χ0) is 24.8. The molecule has 0 heterocycles. The van der Waals surface area contributed by atoms with Crippen molar-refractivity contribution in [1.29, 1.82) is 0 Å². The number of nitrogens with one attached hydrogen (secondary N) is 1. The van der Waals surface area contributed by atoms with Crippen molar-refractivity contribution in [3.63, 3.8) is 0 Å². The Morgan fingerprint density at radius 1 is 0.886 bits per heavy atom. The highest BCUT2D eigenvalue weighted by Crippen LogP contribution is 2.44. The summed E-state index contributed by atoms with van der Waals surface area (Å²) in [6.45, 7) is 6.10. The van der Waals surface area contributed by atoms with Crippen molar-refractivity contribution in [2.24, 2.45) is 0 Å². The van der Waals surface area contributed by atoms with Gasteiger partial charge in [0.1, 0.15) is 12.2 Å². The van der Waals surface area contributed by atoms with E-state index in [-0.39, 0.29) is 12.5 Å². The van der Waals surface area contributed by atoms with Gasteiger partial charge in [0.25, 0.3) is 0 Å². The Bertz CT molecular complexity index is 1250. The van der Waals surface area contributed by atoms with Crippen LogP contribution in [0.4, 0.5) is 4.79 Å². The number of carbonyl (C=O) groups excluding carboxylic acids is 2. The van der Waals surface area contributed by atoms with E-state index in [0.717, 1.165) is 0 Å². The molecule has 0 fully saturated rings. The number of ether oxygens (including phenoxy) is 2. The molecule has 1 aliphatic carbocycles. The van der Waals surface area contributed by atoms with Crippen LogP contribution in [0.25, 0.3) is 11.1 Å². The van der Waals surface area contributed by atoms with Gasteiger partial charge in [0.05, 0.1) is 5.56 Å². The van der Waals surface area contributed by atoms with Gasteiger partial charge < -0.3 is 14.8 Å². The standard InChI is InChI=1S/C30H29NO4/c1-30(2,3)35-28(32)22-14-5-4-12-21(22)13-10-11-19-31-29(33)34-20-27-25-17-8-6-15-23(25)24-16-7-9-18-26(24)27/h4-9,12,14-18,27H,11,19-20H2,1-3H3,(H,31,33). The first kappa shape index (κ1) is 24.1. The summed E-state index contributed by atoms with van der Waals surface area (Å²) >= 11 is 0. The van der Waals surface area contributed by atoms with E-state index >= 15 is 0 Å². The summed E-state index contributed by atoms with van der Waals surface area (Å²) in [4.78, 5) is 24.7. The van der Waals surface area contributed by atoms with Crippen LogP contribution < -0.4 is 5.32 Å². The van der Waals surface area contributed by atoms with Gasteiger partial charge in [0, 0.05) is 24.4 Å². The molecule has 0 saturated heterocycles. The van der Waals surface area contributed by atoms with Crippen molar-refractivity contribution in [1.82, 2.24) is 5.32 Å². The van der Waals surface area contributed by atoms with Crippen LogP contribution in [0.15, 0.2) is 72.8 Å². The van der Waals surface area contributed by atoms with Gasteiger partial charge in [-0.05, 0) is 55.2 Å². The third kappa shape index (κ3) is 5.91. The summed E-state index contributed by atoms with van der Waals surface area (Å²) in [6.07, 6.45) is -0.0462. The van der Waals surface area contributed by atoms with Gasteiger partial charge in [0.2, 0.25) is 0 Å². The maximum absolute atomic E-state index is 12.4. The van der Waals surface area contributed by atoms with E-state index in [1.54, 1.807) is 18.2 Å². The second-order valence-electron chi connectivity index (χ2n) is 9.35. The summed E-state index contributed by atoms with van der Waals surface area (Å²) in [5.41, 5.74) is 5.19. The first-order chi connectivity index (χ1) is 16.8. The fourth-order valence-corrected chi connectivity index (χ4v) is 4.14. The van der Waals surface area contributed by atoms with Crippen LogP contribution in [0.5, 0.6) is 0 Å². The van der Waals surface area contributed by atoms with Crippen LogP contribution >= 0.6 is 0 Å². The first-order valence-corrected chi connectivity index (χ1v) is 11.7. The van der Waals surface area contributed by atoms with E-state index in [4.69, 9.17) is 9.47 Å². The van der Waals surface area contributed by atoms with E-state index in [0.29, 0.717) is 24.1 Å². The Hall–Kier alpha value is -4.04. The minimum absolute atomic E-state index is 0.0253. The third-order valence-electron chi connectivity index (χ3n) is 5.63. The van der Waals surface area contributed by atoms with Crippen LogP contribution in [-0.2, 0) is 9.47 Å². The Morgan fingerprint density at radius 2 is 1.49 bits per heavy atom. The van der Waals surface area contributed by atoms with Gasteiger partial charge in [-0.25, -0.2) is 9.59 Å². The molecule has 0 saturated carbocycles. The molecule has 1 aliphatic rings. The van der Waals surface area contributed by atoms with Crippen LogP contribution in [0.1, 0.15) is 60.2 Å². The summed E-state index contributed by atoms with van der Waals surface area (Å²) < 4.78 is 11.0. The molecule has 3 aromatic rings. The summed E-state index contributed by atoms with van der Waals surface area (Å²) in [6, 6.07) is 23.6. The monoisotopic (exact) mass is 467 g/mol. The normalized spacial score (nSPS) is 12.1. The van der Waals surface area contributed by atoms with Gasteiger partial charge in [-0.15, -0.1) is 0 Å². The van der Waals surface area contributed by atoms with Crippen molar-refractivity contribution in [2.75, 3.05) is 13.2 Å². The first-order valence-electron chi connectivity index (χ1n) is 11.7. The predicted molar refractivity (Wildman–Crippen MR) is 136 cm³/mol. The molecule has 0 aromatic heterocycles. The van der Waals surface area contributed by atoms with Gasteiger partial charge in [0.15, 0.2) is 0 Å². The molecule has 0 radical (unpaired) electrons. The largest absolute Gasteiger partial charge is 0.456 e. The van der Waals surface area contributed by atoms with Crippen molar-refractivity contribution < 1.29 is 19.1 Å². The second-order valence-corrected chi connectivity index (χ2v) is 9.35. The number of amides is 1. The smallest absolute Gasteiger partial charge is 0.407 e. The van der Waals surface area contributed by atoms with E-state index in [9.17, 15) is 9.59 Å². The molecular formula is C30H29NO4. The lowest BCUT2D eigenvalue weighted by Gasteiger charge is -2.19. The summed E-state index contributed by atoms with van der Waals surface area (Å²) in [7, 11) is 0. The number of esters is 1. The molecule has 0 spiro atoms. The maximum atomic E-state index is 12.4. The number of hydrogen-bond acceptors (Lipinski definition) is 4. The summed E-state index contributed by atoms with van der Waals surface area (Å²) in [5, 5.41) is 2.75. The molecule has 3 aromatic carbocycles. The van der Waals surface area contributed by atoms with Crippen molar-refractivity contribution in [3.8, 4) is 23.0 Å². The highest BCUT2D eigenvalue weighted by atomic mass is 16.6. The Morgan fingerprint density at radius 3 is 2.14 bits per heavy atom. The highest BCUT2D eigenvalue weighted by Gasteiger charge is 2.28. The van der Waals surface area contributed by atoms with Crippen molar-refractivity contribution in [3.05, 3.63) is 95.1 Å². The topological polar surface area (TPSA) is 64.6 Å². The third-order valence-corrected chi connectivity index (χ3v) is 5.63. The molecule has 5 heteroatoms. The van der Waals surface area contributed by atoms with Crippen molar-refractivity contribution >= 4 is 12.1 Å². The molecule has 1 N–H and O–H groups in total. The highest BCUT2D eigenvalue weighted by molar-refractivity contribution is 5.92. The SMILES string of the molecule is CC(C)(C)OC(=O)c1ccccc1C#CCCNC(=O)OCC1c2ccccc2-c2ccccc21.